The standard InChI is InChI=1S/C21H23N7O2/c1-15-3-5-22-17(11-15)26-18-13-19(25-14-24-18)27-7-9-28(10-8-27)21(29)16-4-6-23-20(12-16)30-2/h3-6,11-14H,7-10H2,1-2H3,(H,22,24,25,26). The van der Waals surface area contributed by atoms with Crippen molar-refractivity contribution in [2.45, 2.75) is 6.92 Å². The van der Waals surface area contributed by atoms with E-state index in [4.69, 9.17) is 4.74 Å². The molecule has 9 nitrogen and oxygen atoms in total. The molecule has 0 saturated carbocycles. The van der Waals surface area contributed by atoms with Gasteiger partial charge in [0.05, 0.1) is 7.11 Å². The molecule has 0 aromatic carbocycles. The first kappa shape index (κ1) is 19.6. The molecule has 3 aromatic rings. The van der Waals surface area contributed by atoms with Gasteiger partial charge in [-0.3, -0.25) is 4.79 Å². The number of aromatic nitrogens is 4. The summed E-state index contributed by atoms with van der Waals surface area (Å²) in [6.45, 7) is 4.60. The van der Waals surface area contributed by atoms with Gasteiger partial charge < -0.3 is 19.9 Å². The molecule has 154 valence electrons. The molecule has 4 heterocycles. The molecule has 0 bridgehead atoms. The quantitative estimate of drug-likeness (QED) is 0.691. The van der Waals surface area contributed by atoms with Crippen LogP contribution in [0.25, 0.3) is 0 Å². The number of hydrogen-bond donors (Lipinski definition) is 1. The molecule has 30 heavy (non-hydrogen) atoms. The maximum atomic E-state index is 12.8. The Morgan fingerprint density at radius 3 is 2.50 bits per heavy atom. The third-order valence-corrected chi connectivity index (χ3v) is 4.91. The predicted octanol–water partition coefficient (Wildman–Crippen LogP) is 2.29. The maximum absolute atomic E-state index is 12.8. The van der Waals surface area contributed by atoms with Gasteiger partial charge in [0.1, 0.15) is 23.8 Å². The van der Waals surface area contributed by atoms with Crippen molar-refractivity contribution in [3.05, 3.63) is 60.2 Å². The monoisotopic (exact) mass is 405 g/mol. The van der Waals surface area contributed by atoms with Crippen molar-refractivity contribution in [3.63, 3.8) is 0 Å². The van der Waals surface area contributed by atoms with Gasteiger partial charge in [0, 0.05) is 56.3 Å². The molecule has 3 aromatic heterocycles. The minimum atomic E-state index is -0.0223. The van der Waals surface area contributed by atoms with Gasteiger partial charge in [-0.2, -0.15) is 0 Å². The summed E-state index contributed by atoms with van der Waals surface area (Å²) in [5.41, 5.74) is 1.70. The lowest BCUT2D eigenvalue weighted by Crippen LogP contribution is -2.49. The number of nitrogens with one attached hydrogen (secondary N) is 1. The summed E-state index contributed by atoms with van der Waals surface area (Å²) in [7, 11) is 1.54. The number of methoxy groups -OCH3 is 1. The molecule has 4 rings (SSSR count). The predicted molar refractivity (Wildman–Crippen MR) is 113 cm³/mol. The molecule has 1 N–H and O–H groups in total. The van der Waals surface area contributed by atoms with Crippen LogP contribution in [0.2, 0.25) is 0 Å². The molecule has 1 fully saturated rings. The van der Waals surface area contributed by atoms with Crippen LogP contribution in [0.15, 0.2) is 49.1 Å². The number of ether oxygens (including phenoxy) is 1. The largest absolute Gasteiger partial charge is 0.481 e. The van der Waals surface area contributed by atoms with E-state index >= 15 is 0 Å². The summed E-state index contributed by atoms with van der Waals surface area (Å²) in [4.78, 5) is 33.8. The molecule has 9 heteroatoms. The number of hydrogen-bond acceptors (Lipinski definition) is 8. The third-order valence-electron chi connectivity index (χ3n) is 4.91. The van der Waals surface area contributed by atoms with Gasteiger partial charge in [-0.1, -0.05) is 0 Å². The molecular formula is C21H23N7O2. The average molecular weight is 405 g/mol. The smallest absolute Gasteiger partial charge is 0.254 e. The fourth-order valence-corrected chi connectivity index (χ4v) is 3.30. The molecule has 1 saturated heterocycles. The van der Waals surface area contributed by atoms with E-state index in [1.54, 1.807) is 24.5 Å². The van der Waals surface area contributed by atoms with Crippen molar-refractivity contribution in [1.29, 1.82) is 0 Å². The topological polar surface area (TPSA) is 96.4 Å². The number of amides is 1. The first-order valence-electron chi connectivity index (χ1n) is 9.68. The van der Waals surface area contributed by atoms with E-state index in [0.717, 1.165) is 17.2 Å². The SMILES string of the molecule is COc1cc(C(=O)N2CCN(c3cc(Nc4cc(C)ccn4)ncn3)CC2)ccn1. The van der Waals surface area contributed by atoms with Crippen molar-refractivity contribution >= 4 is 23.4 Å². The Labute approximate surface area is 174 Å². The van der Waals surface area contributed by atoms with Crippen LogP contribution >= 0.6 is 0 Å². The van der Waals surface area contributed by atoms with Crippen molar-refractivity contribution in [1.82, 2.24) is 24.8 Å². The average Bonchev–Trinajstić information content (AvgIpc) is 2.79. The number of carbonyl (C=O) groups excluding carboxylic acids is 1. The Balaban J connectivity index is 1.39. The number of piperazine rings is 1. The molecule has 0 spiro atoms. The molecule has 0 aliphatic carbocycles. The van der Waals surface area contributed by atoms with Crippen LogP contribution in [0.4, 0.5) is 17.5 Å². The minimum absolute atomic E-state index is 0.0223. The summed E-state index contributed by atoms with van der Waals surface area (Å²) in [5.74, 6) is 2.65. The lowest BCUT2D eigenvalue weighted by Gasteiger charge is -2.35. The van der Waals surface area contributed by atoms with Gasteiger partial charge in [-0.25, -0.2) is 19.9 Å². The molecule has 1 aliphatic rings. The van der Waals surface area contributed by atoms with Crippen molar-refractivity contribution in [3.8, 4) is 5.88 Å². The van der Waals surface area contributed by atoms with Gasteiger partial charge in [0.25, 0.3) is 5.91 Å². The lowest BCUT2D eigenvalue weighted by atomic mass is 10.2. The van der Waals surface area contributed by atoms with Gasteiger partial charge in [0.15, 0.2) is 0 Å². The zero-order chi connectivity index (χ0) is 20.9. The highest BCUT2D eigenvalue weighted by Gasteiger charge is 2.23. The second-order valence-electron chi connectivity index (χ2n) is 6.97. The fraction of sp³-hybridized carbons (Fsp3) is 0.286. The van der Waals surface area contributed by atoms with Gasteiger partial charge in [-0.15, -0.1) is 0 Å². The number of aryl methyl sites for hydroxylation is 1. The van der Waals surface area contributed by atoms with Crippen molar-refractivity contribution < 1.29 is 9.53 Å². The van der Waals surface area contributed by atoms with Crippen LogP contribution in [-0.4, -0.2) is 64.0 Å². The van der Waals surface area contributed by atoms with E-state index in [1.807, 2.05) is 30.0 Å². The highest BCUT2D eigenvalue weighted by atomic mass is 16.5. The van der Waals surface area contributed by atoms with Crippen molar-refractivity contribution in [2.24, 2.45) is 0 Å². The Kier molecular flexibility index (Phi) is 5.69. The molecule has 0 atom stereocenters. The number of nitrogens with zero attached hydrogens (tertiary/aromatic N) is 6. The van der Waals surface area contributed by atoms with Crippen LogP contribution in [0, 0.1) is 6.92 Å². The van der Waals surface area contributed by atoms with E-state index in [-0.39, 0.29) is 5.91 Å². The highest BCUT2D eigenvalue weighted by molar-refractivity contribution is 5.94. The Morgan fingerprint density at radius 2 is 1.73 bits per heavy atom. The summed E-state index contributed by atoms with van der Waals surface area (Å²) >= 11 is 0. The first-order valence-corrected chi connectivity index (χ1v) is 9.68. The number of pyridine rings is 2. The maximum Gasteiger partial charge on any atom is 0.254 e. The molecule has 1 amide bonds. The van der Waals surface area contributed by atoms with Crippen LogP contribution in [-0.2, 0) is 0 Å². The summed E-state index contributed by atoms with van der Waals surface area (Å²) in [6.07, 6.45) is 4.88. The van der Waals surface area contributed by atoms with E-state index in [2.05, 4.69) is 30.2 Å². The Bertz CT molecular complexity index is 1040. The Hall–Kier alpha value is -3.75. The normalized spacial score (nSPS) is 13.8. The summed E-state index contributed by atoms with van der Waals surface area (Å²) < 4.78 is 5.11. The highest BCUT2D eigenvalue weighted by Crippen LogP contribution is 2.20. The van der Waals surface area contributed by atoms with Crippen LogP contribution in [0.3, 0.4) is 0 Å². The zero-order valence-electron chi connectivity index (χ0n) is 16.9. The number of rotatable bonds is 5. The molecular weight excluding hydrogens is 382 g/mol. The van der Waals surface area contributed by atoms with E-state index in [0.29, 0.717) is 43.4 Å². The van der Waals surface area contributed by atoms with E-state index in [1.165, 1.54) is 13.4 Å². The van der Waals surface area contributed by atoms with E-state index in [9.17, 15) is 4.79 Å². The van der Waals surface area contributed by atoms with Crippen molar-refractivity contribution in [2.75, 3.05) is 43.5 Å². The summed E-state index contributed by atoms with van der Waals surface area (Å²) in [5, 5.41) is 3.21. The zero-order valence-corrected chi connectivity index (χ0v) is 16.9. The second-order valence-corrected chi connectivity index (χ2v) is 6.97. The Morgan fingerprint density at radius 1 is 0.967 bits per heavy atom. The lowest BCUT2D eigenvalue weighted by molar-refractivity contribution is 0.0746. The van der Waals surface area contributed by atoms with Gasteiger partial charge in [-0.05, 0) is 30.7 Å². The molecule has 0 unspecified atom stereocenters. The number of carbonyl (C=O) groups is 1. The number of anilines is 3. The van der Waals surface area contributed by atoms with Gasteiger partial charge in [0.2, 0.25) is 5.88 Å². The first-order chi connectivity index (χ1) is 14.6. The summed E-state index contributed by atoms with van der Waals surface area (Å²) in [6, 6.07) is 9.17. The third kappa shape index (κ3) is 4.45. The van der Waals surface area contributed by atoms with E-state index < -0.39 is 0 Å². The van der Waals surface area contributed by atoms with Crippen LogP contribution in [0.1, 0.15) is 15.9 Å². The second kappa shape index (κ2) is 8.73. The van der Waals surface area contributed by atoms with Crippen LogP contribution < -0.4 is 15.0 Å². The van der Waals surface area contributed by atoms with Crippen LogP contribution in [0.5, 0.6) is 5.88 Å². The molecule has 0 radical (unpaired) electrons. The molecule has 1 aliphatic heterocycles. The fourth-order valence-electron chi connectivity index (χ4n) is 3.30. The minimum Gasteiger partial charge on any atom is -0.481 e. The van der Waals surface area contributed by atoms with Gasteiger partial charge >= 0.3 is 0 Å².